The van der Waals surface area contributed by atoms with E-state index in [1.165, 1.54) is 18.7 Å². The van der Waals surface area contributed by atoms with Gasteiger partial charge in [0.25, 0.3) is 0 Å². The van der Waals surface area contributed by atoms with Gasteiger partial charge >= 0.3 is 0 Å². The minimum Gasteiger partial charge on any atom is -0.311 e. The van der Waals surface area contributed by atoms with Crippen LogP contribution >= 0.6 is 11.8 Å². The van der Waals surface area contributed by atoms with Crippen LogP contribution in [0.5, 0.6) is 0 Å². The standard InChI is InChI=1S/C16H34N2S/c1-8-13(11-19-7)18-10-15(16(4,5)6)17-9-14(18)12(2)3/h12-15,17H,8-11H2,1-7H3. The van der Waals surface area contributed by atoms with Gasteiger partial charge in [-0.1, -0.05) is 41.5 Å². The Morgan fingerprint density at radius 2 is 1.95 bits per heavy atom. The van der Waals surface area contributed by atoms with Crippen molar-refractivity contribution in [2.75, 3.05) is 25.1 Å². The van der Waals surface area contributed by atoms with Crippen molar-refractivity contribution in [3.05, 3.63) is 0 Å². The zero-order valence-corrected chi connectivity index (χ0v) is 14.8. The smallest absolute Gasteiger partial charge is 0.0247 e. The van der Waals surface area contributed by atoms with Crippen LogP contribution in [0.25, 0.3) is 0 Å². The highest BCUT2D eigenvalue weighted by atomic mass is 32.2. The van der Waals surface area contributed by atoms with E-state index in [0.717, 1.165) is 18.5 Å². The summed E-state index contributed by atoms with van der Waals surface area (Å²) in [5.41, 5.74) is 0.345. The number of nitrogens with zero attached hydrogens (tertiary/aromatic N) is 1. The highest BCUT2D eigenvalue weighted by Crippen LogP contribution is 2.28. The quantitative estimate of drug-likeness (QED) is 0.833. The van der Waals surface area contributed by atoms with Gasteiger partial charge in [0.1, 0.15) is 0 Å². The van der Waals surface area contributed by atoms with Crippen LogP contribution in [0.2, 0.25) is 0 Å². The summed E-state index contributed by atoms with van der Waals surface area (Å²) in [6, 6.07) is 2.03. The van der Waals surface area contributed by atoms with Crippen molar-refractivity contribution in [3.8, 4) is 0 Å². The van der Waals surface area contributed by atoms with Crippen molar-refractivity contribution in [1.82, 2.24) is 10.2 Å². The van der Waals surface area contributed by atoms with Crippen LogP contribution < -0.4 is 5.32 Å². The fourth-order valence-electron chi connectivity index (χ4n) is 3.05. The van der Waals surface area contributed by atoms with Crippen LogP contribution in [-0.4, -0.2) is 48.1 Å². The molecule has 1 fully saturated rings. The van der Waals surface area contributed by atoms with Crippen LogP contribution in [-0.2, 0) is 0 Å². The van der Waals surface area contributed by atoms with Crippen molar-refractivity contribution in [1.29, 1.82) is 0 Å². The maximum Gasteiger partial charge on any atom is 0.0247 e. The lowest BCUT2D eigenvalue weighted by molar-refractivity contribution is 0.0349. The minimum atomic E-state index is 0.345. The van der Waals surface area contributed by atoms with E-state index in [2.05, 4.69) is 58.0 Å². The van der Waals surface area contributed by atoms with Crippen LogP contribution in [0.4, 0.5) is 0 Å². The largest absolute Gasteiger partial charge is 0.311 e. The summed E-state index contributed by atoms with van der Waals surface area (Å²) in [5, 5.41) is 3.79. The Morgan fingerprint density at radius 3 is 2.37 bits per heavy atom. The monoisotopic (exact) mass is 286 g/mol. The molecule has 0 aromatic rings. The molecule has 0 radical (unpaired) electrons. The number of piperazine rings is 1. The van der Waals surface area contributed by atoms with Crippen molar-refractivity contribution in [2.24, 2.45) is 11.3 Å². The molecule has 1 saturated heterocycles. The van der Waals surface area contributed by atoms with Gasteiger partial charge in [-0.15, -0.1) is 0 Å². The molecule has 0 aromatic heterocycles. The summed E-state index contributed by atoms with van der Waals surface area (Å²) < 4.78 is 0. The Kier molecular flexibility index (Phi) is 6.68. The summed E-state index contributed by atoms with van der Waals surface area (Å²) in [5.74, 6) is 1.99. The highest BCUT2D eigenvalue weighted by Gasteiger charge is 2.37. The Morgan fingerprint density at radius 1 is 1.32 bits per heavy atom. The predicted molar refractivity (Wildman–Crippen MR) is 89.0 cm³/mol. The molecule has 1 aliphatic rings. The Balaban J connectivity index is 2.83. The van der Waals surface area contributed by atoms with E-state index in [4.69, 9.17) is 0 Å². The minimum absolute atomic E-state index is 0.345. The van der Waals surface area contributed by atoms with Crippen molar-refractivity contribution in [3.63, 3.8) is 0 Å². The van der Waals surface area contributed by atoms with E-state index in [1.807, 2.05) is 11.8 Å². The lowest BCUT2D eigenvalue weighted by atomic mass is 9.83. The van der Waals surface area contributed by atoms with Gasteiger partial charge in [-0.05, 0) is 24.0 Å². The van der Waals surface area contributed by atoms with Gasteiger partial charge in [-0.2, -0.15) is 11.8 Å². The molecule has 1 aliphatic heterocycles. The second-order valence-electron chi connectivity index (χ2n) is 7.35. The van der Waals surface area contributed by atoms with Crippen molar-refractivity contribution < 1.29 is 0 Å². The summed E-state index contributed by atoms with van der Waals surface area (Å²) in [6.07, 6.45) is 3.50. The topological polar surface area (TPSA) is 15.3 Å². The molecule has 0 bridgehead atoms. The summed E-state index contributed by atoms with van der Waals surface area (Å²) in [7, 11) is 0. The molecule has 0 aliphatic carbocycles. The van der Waals surface area contributed by atoms with E-state index in [0.29, 0.717) is 17.5 Å². The molecule has 0 spiro atoms. The van der Waals surface area contributed by atoms with Crippen LogP contribution in [0, 0.1) is 11.3 Å². The third kappa shape index (κ3) is 4.64. The first-order chi connectivity index (χ1) is 8.81. The number of rotatable bonds is 5. The first-order valence-electron chi connectivity index (χ1n) is 7.79. The van der Waals surface area contributed by atoms with Gasteiger partial charge in [0.2, 0.25) is 0 Å². The fourth-order valence-corrected chi connectivity index (χ4v) is 3.86. The van der Waals surface area contributed by atoms with Gasteiger partial charge in [0, 0.05) is 37.0 Å². The fraction of sp³-hybridized carbons (Fsp3) is 1.00. The second kappa shape index (κ2) is 7.33. The first-order valence-corrected chi connectivity index (χ1v) is 9.18. The molecule has 114 valence electrons. The molecule has 19 heavy (non-hydrogen) atoms. The molecule has 0 amide bonds. The van der Waals surface area contributed by atoms with E-state index < -0.39 is 0 Å². The van der Waals surface area contributed by atoms with Crippen molar-refractivity contribution in [2.45, 2.75) is 66.1 Å². The van der Waals surface area contributed by atoms with Gasteiger partial charge in [0.05, 0.1) is 0 Å². The molecule has 1 N–H and O–H groups in total. The van der Waals surface area contributed by atoms with E-state index in [1.54, 1.807) is 0 Å². The summed E-state index contributed by atoms with van der Waals surface area (Å²) in [6.45, 7) is 16.5. The Labute approximate surface area is 125 Å². The molecule has 3 atom stereocenters. The van der Waals surface area contributed by atoms with Crippen LogP contribution in [0.3, 0.4) is 0 Å². The Bertz CT molecular complexity index is 260. The number of nitrogens with one attached hydrogen (secondary N) is 1. The predicted octanol–water partition coefficient (Wildman–Crippen LogP) is 3.47. The van der Waals surface area contributed by atoms with Crippen LogP contribution in [0.1, 0.15) is 48.0 Å². The molecule has 1 heterocycles. The summed E-state index contributed by atoms with van der Waals surface area (Å²) >= 11 is 1.99. The van der Waals surface area contributed by atoms with Gasteiger partial charge in [0.15, 0.2) is 0 Å². The zero-order valence-electron chi connectivity index (χ0n) is 14.0. The summed E-state index contributed by atoms with van der Waals surface area (Å²) in [4.78, 5) is 2.80. The molecular formula is C16H34N2S. The maximum atomic E-state index is 3.79. The average molecular weight is 287 g/mol. The normalized spacial score (nSPS) is 27.8. The van der Waals surface area contributed by atoms with E-state index in [9.17, 15) is 0 Å². The third-order valence-electron chi connectivity index (χ3n) is 4.51. The highest BCUT2D eigenvalue weighted by molar-refractivity contribution is 7.98. The number of thioether (sulfide) groups is 1. The molecule has 2 nitrogen and oxygen atoms in total. The maximum absolute atomic E-state index is 3.79. The number of hydrogen-bond donors (Lipinski definition) is 1. The molecule has 3 heteroatoms. The second-order valence-corrected chi connectivity index (χ2v) is 8.26. The lowest BCUT2D eigenvalue weighted by Crippen LogP contribution is -2.64. The Hall–Kier alpha value is 0.270. The molecular weight excluding hydrogens is 252 g/mol. The van der Waals surface area contributed by atoms with Crippen LogP contribution in [0.15, 0.2) is 0 Å². The van der Waals surface area contributed by atoms with Gasteiger partial charge in [-0.3, -0.25) is 4.90 Å². The molecule has 0 saturated carbocycles. The average Bonchev–Trinajstić information content (AvgIpc) is 2.34. The van der Waals surface area contributed by atoms with E-state index >= 15 is 0 Å². The third-order valence-corrected chi connectivity index (χ3v) is 5.23. The van der Waals surface area contributed by atoms with E-state index in [-0.39, 0.29) is 0 Å². The zero-order chi connectivity index (χ0) is 14.6. The first kappa shape index (κ1) is 17.3. The molecule has 3 unspecified atom stereocenters. The molecule has 0 aromatic carbocycles. The SMILES string of the molecule is CCC(CSC)N1CC(C(C)(C)C)NCC1C(C)C. The van der Waals surface area contributed by atoms with Gasteiger partial charge in [-0.25, -0.2) is 0 Å². The molecule has 1 rings (SSSR count). The van der Waals surface area contributed by atoms with Gasteiger partial charge < -0.3 is 5.32 Å². The number of hydrogen-bond acceptors (Lipinski definition) is 3. The lowest BCUT2D eigenvalue weighted by Gasteiger charge is -2.49. The van der Waals surface area contributed by atoms with Crippen molar-refractivity contribution >= 4 is 11.8 Å².